The van der Waals surface area contributed by atoms with E-state index in [-0.39, 0.29) is 0 Å². The highest BCUT2D eigenvalue weighted by Gasteiger charge is 2.22. The highest BCUT2D eigenvalue weighted by Crippen LogP contribution is 2.34. The maximum Gasteiger partial charge on any atom is 0.0408 e. The minimum absolute atomic E-state index is 0.393. The van der Waals surface area contributed by atoms with Crippen LogP contribution < -0.4 is 5.73 Å². The lowest BCUT2D eigenvalue weighted by Crippen LogP contribution is -2.14. The molecule has 1 saturated carbocycles. The van der Waals surface area contributed by atoms with Gasteiger partial charge >= 0.3 is 0 Å². The predicted octanol–water partition coefficient (Wildman–Crippen LogP) is 2.93. The second kappa shape index (κ2) is 3.69. The molecule has 0 spiro atoms. The minimum atomic E-state index is 0.393. The van der Waals surface area contributed by atoms with Crippen molar-refractivity contribution in [3.63, 3.8) is 0 Å². The summed E-state index contributed by atoms with van der Waals surface area (Å²) >= 11 is 5.93. The Bertz CT molecular complexity index is 298. The van der Waals surface area contributed by atoms with Crippen LogP contribution in [0.25, 0.3) is 0 Å². The lowest BCUT2D eigenvalue weighted by atomic mass is 9.98. The molecule has 2 atom stereocenters. The van der Waals surface area contributed by atoms with Crippen molar-refractivity contribution in [1.29, 1.82) is 0 Å². The molecule has 0 unspecified atom stereocenters. The molecule has 0 aromatic heterocycles. The van der Waals surface area contributed by atoms with Gasteiger partial charge in [0.1, 0.15) is 0 Å². The van der Waals surface area contributed by atoms with Crippen molar-refractivity contribution in [2.75, 3.05) is 0 Å². The minimum Gasteiger partial charge on any atom is -0.328 e. The number of hydrogen-bond donors (Lipinski definition) is 1. The highest BCUT2D eigenvalue weighted by molar-refractivity contribution is 6.30. The summed E-state index contributed by atoms with van der Waals surface area (Å²) in [5.41, 5.74) is 7.22. The van der Waals surface area contributed by atoms with E-state index < -0.39 is 0 Å². The monoisotopic (exact) mass is 195 g/mol. The van der Waals surface area contributed by atoms with Crippen molar-refractivity contribution in [3.8, 4) is 0 Å². The van der Waals surface area contributed by atoms with Crippen LogP contribution >= 0.6 is 11.6 Å². The Labute approximate surface area is 83.9 Å². The molecule has 0 heterocycles. The topological polar surface area (TPSA) is 26.0 Å². The zero-order chi connectivity index (χ0) is 9.26. The summed E-state index contributed by atoms with van der Waals surface area (Å²) < 4.78 is 0. The third-order valence-corrected chi connectivity index (χ3v) is 3.03. The lowest BCUT2D eigenvalue weighted by molar-refractivity contribution is 0.675. The van der Waals surface area contributed by atoms with E-state index in [1.54, 1.807) is 0 Å². The van der Waals surface area contributed by atoms with Gasteiger partial charge in [-0.05, 0) is 42.9 Å². The van der Waals surface area contributed by atoms with Crippen LogP contribution in [0.4, 0.5) is 0 Å². The Morgan fingerprint density at radius 3 is 2.77 bits per heavy atom. The zero-order valence-corrected chi connectivity index (χ0v) is 8.30. The first-order valence-corrected chi connectivity index (χ1v) is 5.14. The number of rotatable bonds is 1. The largest absolute Gasteiger partial charge is 0.328 e. The van der Waals surface area contributed by atoms with Crippen LogP contribution in [0.2, 0.25) is 5.02 Å². The predicted molar refractivity (Wildman–Crippen MR) is 56.0 cm³/mol. The van der Waals surface area contributed by atoms with Crippen LogP contribution in [0.3, 0.4) is 0 Å². The standard InChI is InChI=1S/C11H14ClN/c12-10-3-1-2-8(6-10)9-4-5-11(13)7-9/h1-3,6,9,11H,4-5,7,13H2/t9-,11-/m0/s1. The summed E-state index contributed by atoms with van der Waals surface area (Å²) in [6.07, 6.45) is 3.47. The van der Waals surface area contributed by atoms with E-state index in [0.717, 1.165) is 17.9 Å². The average molecular weight is 196 g/mol. The number of halogens is 1. The number of benzene rings is 1. The lowest BCUT2D eigenvalue weighted by Gasteiger charge is -2.09. The molecule has 2 rings (SSSR count). The van der Waals surface area contributed by atoms with Crippen molar-refractivity contribution >= 4 is 11.6 Å². The third kappa shape index (κ3) is 2.04. The van der Waals surface area contributed by atoms with Crippen molar-refractivity contribution < 1.29 is 0 Å². The van der Waals surface area contributed by atoms with Crippen molar-refractivity contribution in [1.82, 2.24) is 0 Å². The molecule has 1 nitrogen and oxygen atoms in total. The second-order valence-corrected chi connectivity index (χ2v) is 4.26. The molecule has 1 aliphatic rings. The molecule has 0 bridgehead atoms. The maximum absolute atomic E-state index is 5.93. The molecule has 0 amide bonds. The van der Waals surface area contributed by atoms with Crippen LogP contribution in [0.5, 0.6) is 0 Å². The van der Waals surface area contributed by atoms with E-state index in [9.17, 15) is 0 Å². The molecule has 13 heavy (non-hydrogen) atoms. The molecule has 0 radical (unpaired) electrons. The van der Waals surface area contributed by atoms with Gasteiger partial charge in [0.2, 0.25) is 0 Å². The first-order valence-electron chi connectivity index (χ1n) is 4.77. The molecular formula is C11H14ClN. The molecular weight excluding hydrogens is 182 g/mol. The Morgan fingerprint density at radius 1 is 1.31 bits per heavy atom. The summed E-state index contributed by atoms with van der Waals surface area (Å²) in [6, 6.07) is 8.53. The van der Waals surface area contributed by atoms with E-state index in [1.165, 1.54) is 12.0 Å². The van der Waals surface area contributed by atoms with Gasteiger partial charge in [0, 0.05) is 11.1 Å². The fraction of sp³-hybridized carbons (Fsp3) is 0.455. The normalized spacial score (nSPS) is 27.8. The van der Waals surface area contributed by atoms with Gasteiger partial charge in [-0.2, -0.15) is 0 Å². The van der Waals surface area contributed by atoms with Crippen LogP contribution in [-0.4, -0.2) is 6.04 Å². The van der Waals surface area contributed by atoms with Crippen LogP contribution in [-0.2, 0) is 0 Å². The first-order chi connectivity index (χ1) is 6.25. The van der Waals surface area contributed by atoms with Gasteiger partial charge in [0.25, 0.3) is 0 Å². The molecule has 1 fully saturated rings. The molecule has 1 aliphatic carbocycles. The van der Waals surface area contributed by atoms with Crippen molar-refractivity contribution in [3.05, 3.63) is 34.9 Å². The zero-order valence-electron chi connectivity index (χ0n) is 7.54. The quantitative estimate of drug-likeness (QED) is 0.733. The van der Waals surface area contributed by atoms with Crippen molar-refractivity contribution in [2.45, 2.75) is 31.2 Å². The Kier molecular flexibility index (Phi) is 2.56. The van der Waals surface area contributed by atoms with E-state index >= 15 is 0 Å². The van der Waals surface area contributed by atoms with Gasteiger partial charge in [0.15, 0.2) is 0 Å². The summed E-state index contributed by atoms with van der Waals surface area (Å²) in [4.78, 5) is 0. The van der Waals surface area contributed by atoms with Gasteiger partial charge < -0.3 is 5.73 Å². The SMILES string of the molecule is N[C@H]1CC[C@H](c2cccc(Cl)c2)C1. The van der Waals surface area contributed by atoms with Gasteiger partial charge in [-0.25, -0.2) is 0 Å². The summed E-state index contributed by atoms with van der Waals surface area (Å²) in [7, 11) is 0. The maximum atomic E-state index is 5.93. The molecule has 0 saturated heterocycles. The average Bonchev–Trinajstić information content (AvgIpc) is 2.52. The highest BCUT2D eigenvalue weighted by atomic mass is 35.5. The van der Waals surface area contributed by atoms with E-state index in [2.05, 4.69) is 12.1 Å². The second-order valence-electron chi connectivity index (χ2n) is 3.83. The molecule has 2 heteroatoms. The molecule has 1 aromatic carbocycles. The smallest absolute Gasteiger partial charge is 0.0408 e. The molecule has 1 aromatic rings. The van der Waals surface area contributed by atoms with E-state index in [0.29, 0.717) is 12.0 Å². The van der Waals surface area contributed by atoms with Gasteiger partial charge in [-0.1, -0.05) is 23.7 Å². The third-order valence-electron chi connectivity index (χ3n) is 2.79. The summed E-state index contributed by atoms with van der Waals surface area (Å²) in [6.45, 7) is 0. The van der Waals surface area contributed by atoms with Gasteiger partial charge in [0.05, 0.1) is 0 Å². The summed E-state index contributed by atoms with van der Waals surface area (Å²) in [5, 5.41) is 0.831. The fourth-order valence-electron chi connectivity index (χ4n) is 2.08. The first kappa shape index (κ1) is 9.04. The Balaban J connectivity index is 2.16. The fourth-order valence-corrected chi connectivity index (χ4v) is 2.28. The van der Waals surface area contributed by atoms with Crippen LogP contribution in [0.15, 0.2) is 24.3 Å². The number of hydrogen-bond acceptors (Lipinski definition) is 1. The van der Waals surface area contributed by atoms with Gasteiger partial charge in [-0.15, -0.1) is 0 Å². The van der Waals surface area contributed by atoms with Crippen LogP contribution in [0.1, 0.15) is 30.7 Å². The van der Waals surface area contributed by atoms with Crippen LogP contribution in [0, 0.1) is 0 Å². The molecule has 0 aliphatic heterocycles. The van der Waals surface area contributed by atoms with E-state index in [1.807, 2.05) is 12.1 Å². The van der Waals surface area contributed by atoms with E-state index in [4.69, 9.17) is 17.3 Å². The Hall–Kier alpha value is -0.530. The van der Waals surface area contributed by atoms with Gasteiger partial charge in [-0.3, -0.25) is 0 Å². The Morgan fingerprint density at radius 2 is 2.15 bits per heavy atom. The number of nitrogens with two attached hydrogens (primary N) is 1. The molecule has 70 valence electrons. The molecule has 2 N–H and O–H groups in total. The summed E-state index contributed by atoms with van der Waals surface area (Å²) in [5.74, 6) is 0.633. The van der Waals surface area contributed by atoms with Crippen molar-refractivity contribution in [2.24, 2.45) is 5.73 Å².